The van der Waals surface area contributed by atoms with Crippen LogP contribution in [0.1, 0.15) is 41.5 Å². The SMILES string of the molecule is Cc1c(-c2nc3cc(CN4CCC4CO)ccc3o2)cccc1-c1cccc(-c2nc3cc(COC(=O)[C@@H]4CCCN4)c(OC(F)F)cc3o2)c1C. The lowest BCUT2D eigenvalue weighted by molar-refractivity contribution is -0.147. The number of hydrogen-bond donors (Lipinski definition) is 2. The monoisotopic (exact) mass is 708 g/mol. The molecule has 2 aliphatic rings. The van der Waals surface area contributed by atoms with Crippen LogP contribution in [0.2, 0.25) is 0 Å². The number of aromatic nitrogens is 2. The van der Waals surface area contributed by atoms with Crippen molar-refractivity contribution in [1.82, 2.24) is 20.2 Å². The molecule has 0 amide bonds. The molecule has 52 heavy (non-hydrogen) atoms. The number of oxazole rings is 2. The van der Waals surface area contributed by atoms with Crippen LogP contribution in [-0.2, 0) is 22.7 Å². The quantitative estimate of drug-likeness (QED) is 0.131. The second kappa shape index (κ2) is 14.1. The summed E-state index contributed by atoms with van der Waals surface area (Å²) in [5.74, 6) is 0.263. The zero-order valence-electron chi connectivity index (χ0n) is 28.8. The van der Waals surface area contributed by atoms with E-state index in [1.807, 2.05) is 68.4 Å². The number of fused-ring (bicyclic) bond motifs is 2. The number of nitrogens with one attached hydrogen (secondary N) is 1. The van der Waals surface area contributed by atoms with E-state index in [9.17, 15) is 18.7 Å². The van der Waals surface area contributed by atoms with Crippen LogP contribution in [0, 0.1) is 13.8 Å². The number of rotatable bonds is 11. The average Bonchev–Trinajstić information content (AvgIpc) is 3.89. The molecular formula is C40H38F2N4O6. The number of aliphatic hydroxyl groups excluding tert-OH is 1. The highest BCUT2D eigenvalue weighted by Gasteiger charge is 2.28. The van der Waals surface area contributed by atoms with Gasteiger partial charge < -0.3 is 28.7 Å². The fraction of sp³-hybridized carbons (Fsp3) is 0.325. The van der Waals surface area contributed by atoms with Crippen molar-refractivity contribution in [2.45, 2.75) is 65.0 Å². The van der Waals surface area contributed by atoms with Crippen LogP contribution >= 0.6 is 0 Å². The molecule has 0 aliphatic carbocycles. The number of halogens is 2. The van der Waals surface area contributed by atoms with Gasteiger partial charge in [-0.15, -0.1) is 0 Å². The van der Waals surface area contributed by atoms with Gasteiger partial charge in [0.25, 0.3) is 0 Å². The van der Waals surface area contributed by atoms with Crippen molar-refractivity contribution in [2.24, 2.45) is 0 Å². The van der Waals surface area contributed by atoms with Crippen LogP contribution in [0.25, 0.3) is 56.2 Å². The summed E-state index contributed by atoms with van der Waals surface area (Å²) in [7, 11) is 0. The lowest BCUT2D eigenvalue weighted by Crippen LogP contribution is -2.48. The van der Waals surface area contributed by atoms with E-state index >= 15 is 0 Å². The molecule has 0 bridgehead atoms. The summed E-state index contributed by atoms with van der Waals surface area (Å²) in [6.07, 6.45) is 2.54. The highest BCUT2D eigenvalue weighted by molar-refractivity contribution is 5.85. The molecule has 8 rings (SSSR count). The minimum Gasteiger partial charge on any atom is -0.460 e. The molecular weight excluding hydrogens is 670 g/mol. The molecule has 4 aromatic carbocycles. The van der Waals surface area contributed by atoms with Crippen molar-refractivity contribution >= 4 is 28.2 Å². The molecule has 4 heterocycles. The summed E-state index contributed by atoms with van der Waals surface area (Å²) in [6.45, 7) is 3.33. The molecule has 2 fully saturated rings. The molecule has 0 spiro atoms. The van der Waals surface area contributed by atoms with Gasteiger partial charge in [0.05, 0.1) is 6.61 Å². The third kappa shape index (κ3) is 6.53. The van der Waals surface area contributed by atoms with Gasteiger partial charge in [0, 0.05) is 41.9 Å². The number of carbonyl (C=O) groups is 1. The van der Waals surface area contributed by atoms with E-state index in [0.717, 1.165) is 76.9 Å². The third-order valence-corrected chi connectivity index (χ3v) is 10.2. The van der Waals surface area contributed by atoms with Crippen molar-refractivity contribution in [1.29, 1.82) is 0 Å². The number of carbonyl (C=O) groups excluding carboxylic acids is 1. The number of aliphatic hydroxyl groups is 1. The number of esters is 1. The van der Waals surface area contributed by atoms with Gasteiger partial charge in [-0.2, -0.15) is 8.78 Å². The van der Waals surface area contributed by atoms with Crippen LogP contribution in [0.3, 0.4) is 0 Å². The largest absolute Gasteiger partial charge is 0.460 e. The summed E-state index contributed by atoms with van der Waals surface area (Å²) in [6, 6.07) is 20.6. The Labute approximate surface area is 298 Å². The van der Waals surface area contributed by atoms with Crippen LogP contribution < -0.4 is 10.1 Å². The minimum atomic E-state index is -3.08. The van der Waals surface area contributed by atoms with Crippen molar-refractivity contribution in [3.63, 3.8) is 0 Å². The van der Waals surface area contributed by atoms with Gasteiger partial charge in [0.15, 0.2) is 11.2 Å². The van der Waals surface area contributed by atoms with E-state index in [2.05, 4.69) is 10.2 Å². The zero-order valence-corrected chi connectivity index (χ0v) is 28.8. The van der Waals surface area contributed by atoms with Gasteiger partial charge in [0.2, 0.25) is 11.8 Å². The highest BCUT2D eigenvalue weighted by Crippen LogP contribution is 2.39. The standard InChI is InChI=1S/C40H38F2N4O6/c1-22-27(6-3-8-29(22)37-44-32-16-24(11-12-34(32)50-37)19-46-15-13-26(46)20-47)28-7-4-9-30(23(28)2)38-45-33-17-25(21-49-39(48)31-10-5-14-43-31)35(52-40(41)42)18-36(33)51-38/h3-4,6-9,11-12,16-18,26,31,40,43,47H,5,10,13-15,19-21H2,1-2H3/t26?,31-/m0/s1. The van der Waals surface area contributed by atoms with E-state index < -0.39 is 18.6 Å². The van der Waals surface area contributed by atoms with E-state index in [0.29, 0.717) is 29.3 Å². The maximum atomic E-state index is 13.4. The number of benzene rings is 4. The Balaban J connectivity index is 1.08. The predicted octanol–water partition coefficient (Wildman–Crippen LogP) is 7.55. The second-order valence-electron chi connectivity index (χ2n) is 13.5. The summed E-state index contributed by atoms with van der Waals surface area (Å²) in [5.41, 5.74) is 8.98. The van der Waals surface area contributed by atoms with E-state index in [1.54, 1.807) is 6.07 Å². The number of hydrogen-bond acceptors (Lipinski definition) is 10. The van der Waals surface area contributed by atoms with Gasteiger partial charge >= 0.3 is 12.6 Å². The Hall–Kier alpha value is -5.17. The number of likely N-dealkylation sites (tertiary alicyclic amines) is 1. The topological polar surface area (TPSA) is 123 Å². The van der Waals surface area contributed by atoms with Crippen LogP contribution in [0.5, 0.6) is 5.75 Å². The maximum absolute atomic E-state index is 13.4. The Morgan fingerprint density at radius 2 is 1.60 bits per heavy atom. The molecule has 2 aromatic heterocycles. The molecule has 2 N–H and O–H groups in total. The third-order valence-electron chi connectivity index (χ3n) is 10.2. The minimum absolute atomic E-state index is 0.141. The highest BCUT2D eigenvalue weighted by atomic mass is 19.3. The van der Waals surface area contributed by atoms with E-state index in [1.165, 1.54) is 6.07 Å². The normalized spacial score (nSPS) is 17.7. The molecule has 2 atom stereocenters. The molecule has 0 saturated carbocycles. The van der Waals surface area contributed by atoms with Crippen molar-refractivity contribution in [3.05, 3.63) is 89.0 Å². The summed E-state index contributed by atoms with van der Waals surface area (Å²) in [4.78, 5) is 24.4. The Kier molecular flexibility index (Phi) is 9.20. The Morgan fingerprint density at radius 3 is 2.21 bits per heavy atom. The number of ether oxygens (including phenoxy) is 2. The summed E-state index contributed by atoms with van der Waals surface area (Å²) >= 11 is 0. The van der Waals surface area contributed by atoms with Crippen molar-refractivity contribution in [2.75, 3.05) is 19.7 Å². The lowest BCUT2D eigenvalue weighted by atomic mass is 9.91. The van der Waals surface area contributed by atoms with Crippen molar-refractivity contribution in [3.8, 4) is 39.8 Å². The fourth-order valence-electron chi connectivity index (χ4n) is 7.22. The summed E-state index contributed by atoms with van der Waals surface area (Å²) < 4.78 is 49.4. The Morgan fingerprint density at radius 1 is 0.923 bits per heavy atom. The van der Waals surface area contributed by atoms with Crippen molar-refractivity contribution < 1.29 is 37.0 Å². The predicted molar refractivity (Wildman–Crippen MR) is 191 cm³/mol. The maximum Gasteiger partial charge on any atom is 0.387 e. The van der Waals surface area contributed by atoms with Crippen LogP contribution in [-0.4, -0.2) is 64.3 Å². The van der Waals surface area contributed by atoms with E-state index in [4.69, 9.17) is 28.3 Å². The number of alkyl halides is 2. The number of nitrogens with zero attached hydrogens (tertiary/aromatic N) is 3. The van der Waals surface area contributed by atoms with Gasteiger partial charge in [-0.05, 0) is 97.8 Å². The van der Waals surface area contributed by atoms with Gasteiger partial charge in [0.1, 0.15) is 29.4 Å². The molecule has 12 heteroatoms. The van der Waals surface area contributed by atoms with Gasteiger partial charge in [-0.25, -0.2) is 9.97 Å². The first-order chi connectivity index (χ1) is 25.2. The van der Waals surface area contributed by atoms with Crippen LogP contribution in [0.15, 0.2) is 75.6 Å². The molecule has 268 valence electrons. The zero-order chi connectivity index (χ0) is 35.9. The molecule has 0 radical (unpaired) electrons. The molecule has 2 aliphatic heterocycles. The van der Waals surface area contributed by atoms with Gasteiger partial charge in [-0.3, -0.25) is 9.69 Å². The smallest absolute Gasteiger partial charge is 0.387 e. The molecule has 1 unspecified atom stereocenters. The first-order valence-corrected chi connectivity index (χ1v) is 17.5. The van der Waals surface area contributed by atoms with E-state index in [-0.39, 0.29) is 36.2 Å². The summed E-state index contributed by atoms with van der Waals surface area (Å²) in [5, 5.41) is 12.6. The second-order valence-corrected chi connectivity index (χ2v) is 13.5. The fourth-order valence-corrected chi connectivity index (χ4v) is 7.22. The first kappa shape index (κ1) is 33.9. The van der Waals surface area contributed by atoms with Gasteiger partial charge in [-0.1, -0.05) is 30.3 Å². The lowest BCUT2D eigenvalue weighted by Gasteiger charge is -2.39. The molecule has 2 saturated heterocycles. The average molecular weight is 709 g/mol. The molecule has 6 aromatic rings. The Bertz CT molecular complexity index is 2280. The first-order valence-electron chi connectivity index (χ1n) is 17.5. The molecule has 10 nitrogen and oxygen atoms in total. The van der Waals surface area contributed by atoms with Crippen LogP contribution in [0.4, 0.5) is 8.78 Å².